The summed E-state index contributed by atoms with van der Waals surface area (Å²) in [5.41, 5.74) is 0. The van der Waals surface area contributed by atoms with Crippen molar-refractivity contribution < 1.29 is 24.1 Å². The van der Waals surface area contributed by atoms with Crippen LogP contribution in [0.2, 0.25) is 0 Å². The molecule has 0 fully saturated rings. The zero-order valence-electron chi connectivity index (χ0n) is 8.76. The van der Waals surface area contributed by atoms with Crippen molar-refractivity contribution in [1.29, 1.82) is 0 Å². The first-order valence-electron chi connectivity index (χ1n) is 4.81. The number of rotatable bonds is 5. The number of ether oxygens (including phenoxy) is 1. The number of aliphatic hydroxyl groups excluding tert-OH is 1. The highest BCUT2D eigenvalue weighted by molar-refractivity contribution is 5.67. The molecule has 1 aromatic rings. The van der Waals surface area contributed by atoms with E-state index < -0.39 is 18.2 Å². The normalized spacial score (nSPS) is 14.2. The van der Waals surface area contributed by atoms with Gasteiger partial charge in [0.25, 0.3) is 0 Å². The van der Waals surface area contributed by atoms with E-state index in [2.05, 4.69) is 0 Å². The molecule has 88 valence electrons. The van der Waals surface area contributed by atoms with Gasteiger partial charge in [0.1, 0.15) is 23.8 Å². The lowest BCUT2D eigenvalue weighted by Gasteiger charge is -2.19. The predicted molar refractivity (Wildman–Crippen MR) is 54.7 cm³/mol. The number of carboxylic acids is 1. The second-order valence-corrected chi connectivity index (χ2v) is 3.44. The lowest BCUT2D eigenvalue weighted by atomic mass is 10.1. The quantitative estimate of drug-likeness (QED) is 0.800. The van der Waals surface area contributed by atoms with E-state index in [1.165, 1.54) is 24.3 Å². The van der Waals surface area contributed by atoms with E-state index in [1.54, 1.807) is 6.92 Å². The Balaban J connectivity index is 2.53. The van der Waals surface area contributed by atoms with E-state index in [-0.39, 0.29) is 12.2 Å². The summed E-state index contributed by atoms with van der Waals surface area (Å²) in [6.45, 7) is 1.55. The van der Waals surface area contributed by atoms with Crippen molar-refractivity contribution in [2.24, 2.45) is 0 Å². The smallest absolute Gasteiger partial charge is 0.306 e. The molecule has 0 aliphatic carbocycles. The molecule has 2 atom stereocenters. The minimum atomic E-state index is -1.10. The van der Waals surface area contributed by atoms with E-state index in [9.17, 15) is 14.3 Å². The van der Waals surface area contributed by atoms with Crippen LogP contribution in [-0.2, 0) is 4.79 Å². The molecule has 5 heteroatoms. The maximum Gasteiger partial charge on any atom is 0.306 e. The standard InChI is InChI=1S/C11H13FO4/c1-7(10(13)6-11(14)15)16-9-4-2-8(12)3-5-9/h2-5,7,10,13H,6H2,1H3,(H,14,15). The second kappa shape index (κ2) is 5.46. The summed E-state index contributed by atoms with van der Waals surface area (Å²) in [5, 5.41) is 17.9. The Bertz CT molecular complexity index is 350. The number of benzene rings is 1. The van der Waals surface area contributed by atoms with Crippen LogP contribution >= 0.6 is 0 Å². The van der Waals surface area contributed by atoms with Gasteiger partial charge in [0.05, 0.1) is 6.42 Å². The molecule has 1 aromatic carbocycles. The fourth-order valence-corrected chi connectivity index (χ4v) is 1.15. The fraction of sp³-hybridized carbons (Fsp3) is 0.364. The summed E-state index contributed by atoms with van der Waals surface area (Å²) < 4.78 is 17.8. The van der Waals surface area contributed by atoms with Crippen LogP contribution in [0.3, 0.4) is 0 Å². The van der Waals surface area contributed by atoms with Crippen molar-refractivity contribution in [3.63, 3.8) is 0 Å². The van der Waals surface area contributed by atoms with Crippen molar-refractivity contribution in [1.82, 2.24) is 0 Å². The highest BCUT2D eigenvalue weighted by atomic mass is 19.1. The van der Waals surface area contributed by atoms with Gasteiger partial charge in [-0.15, -0.1) is 0 Å². The van der Waals surface area contributed by atoms with Crippen LogP contribution in [-0.4, -0.2) is 28.4 Å². The van der Waals surface area contributed by atoms with Crippen molar-refractivity contribution in [2.75, 3.05) is 0 Å². The molecule has 0 aliphatic heterocycles. The number of carboxylic acid groups (broad SMARTS) is 1. The Hall–Kier alpha value is -1.62. The Morgan fingerprint density at radius 3 is 2.50 bits per heavy atom. The van der Waals surface area contributed by atoms with Gasteiger partial charge < -0.3 is 14.9 Å². The van der Waals surface area contributed by atoms with Crippen LogP contribution in [0.15, 0.2) is 24.3 Å². The molecule has 0 radical (unpaired) electrons. The molecule has 0 aliphatic rings. The molecule has 16 heavy (non-hydrogen) atoms. The predicted octanol–water partition coefficient (Wildman–Crippen LogP) is 1.43. The minimum absolute atomic E-state index is 0.383. The summed E-state index contributed by atoms with van der Waals surface area (Å²) in [5.74, 6) is -1.09. The van der Waals surface area contributed by atoms with E-state index in [0.717, 1.165) is 0 Å². The summed E-state index contributed by atoms with van der Waals surface area (Å²) in [4.78, 5) is 10.3. The van der Waals surface area contributed by atoms with Crippen LogP contribution in [0.4, 0.5) is 4.39 Å². The molecule has 2 unspecified atom stereocenters. The van der Waals surface area contributed by atoms with Crippen LogP contribution in [0, 0.1) is 5.82 Å². The third-order valence-electron chi connectivity index (χ3n) is 2.06. The topological polar surface area (TPSA) is 66.8 Å². The van der Waals surface area contributed by atoms with Crippen molar-refractivity contribution >= 4 is 5.97 Å². The Morgan fingerprint density at radius 1 is 1.44 bits per heavy atom. The van der Waals surface area contributed by atoms with Gasteiger partial charge in [-0.05, 0) is 31.2 Å². The van der Waals surface area contributed by atoms with E-state index in [0.29, 0.717) is 5.75 Å². The van der Waals surface area contributed by atoms with E-state index >= 15 is 0 Å². The van der Waals surface area contributed by atoms with Gasteiger partial charge in [-0.2, -0.15) is 0 Å². The Morgan fingerprint density at radius 2 is 2.00 bits per heavy atom. The van der Waals surface area contributed by atoms with Crippen LogP contribution in [0.25, 0.3) is 0 Å². The van der Waals surface area contributed by atoms with Gasteiger partial charge in [0.15, 0.2) is 0 Å². The van der Waals surface area contributed by atoms with Crippen molar-refractivity contribution in [3.8, 4) is 5.75 Å². The number of carbonyl (C=O) groups is 1. The summed E-state index contributed by atoms with van der Waals surface area (Å²) >= 11 is 0. The molecule has 0 spiro atoms. The lowest BCUT2D eigenvalue weighted by Crippen LogP contribution is -2.30. The third-order valence-corrected chi connectivity index (χ3v) is 2.06. The van der Waals surface area contributed by atoms with E-state index in [1.807, 2.05) is 0 Å². The minimum Gasteiger partial charge on any atom is -0.488 e. The largest absolute Gasteiger partial charge is 0.488 e. The first kappa shape index (κ1) is 12.4. The molecule has 1 rings (SSSR count). The first-order valence-corrected chi connectivity index (χ1v) is 4.81. The SMILES string of the molecule is CC(Oc1ccc(F)cc1)C(O)CC(=O)O. The van der Waals surface area contributed by atoms with Gasteiger partial charge in [0, 0.05) is 0 Å². The van der Waals surface area contributed by atoms with Gasteiger partial charge >= 0.3 is 5.97 Å². The second-order valence-electron chi connectivity index (χ2n) is 3.44. The van der Waals surface area contributed by atoms with Gasteiger partial charge in [-0.1, -0.05) is 0 Å². The van der Waals surface area contributed by atoms with E-state index in [4.69, 9.17) is 9.84 Å². The molecule has 4 nitrogen and oxygen atoms in total. The molecule has 0 amide bonds. The average molecular weight is 228 g/mol. The van der Waals surface area contributed by atoms with Crippen LogP contribution < -0.4 is 4.74 Å². The first-order chi connectivity index (χ1) is 7.49. The molecule has 0 heterocycles. The lowest BCUT2D eigenvalue weighted by molar-refractivity contribution is -0.140. The summed E-state index contributed by atoms with van der Waals surface area (Å²) in [6.07, 6.45) is -2.15. The molecular weight excluding hydrogens is 215 g/mol. The number of aliphatic carboxylic acids is 1. The van der Waals surface area contributed by atoms with Gasteiger partial charge in [-0.3, -0.25) is 4.79 Å². The zero-order valence-corrected chi connectivity index (χ0v) is 8.76. The van der Waals surface area contributed by atoms with Gasteiger partial charge in [0.2, 0.25) is 0 Å². The Labute approximate surface area is 92.3 Å². The molecule has 0 aromatic heterocycles. The van der Waals surface area contributed by atoms with Crippen molar-refractivity contribution in [3.05, 3.63) is 30.1 Å². The maximum atomic E-state index is 12.6. The fourth-order valence-electron chi connectivity index (χ4n) is 1.15. The van der Waals surface area contributed by atoms with Gasteiger partial charge in [-0.25, -0.2) is 4.39 Å². The molecular formula is C11H13FO4. The average Bonchev–Trinajstić information content (AvgIpc) is 2.20. The number of halogens is 1. The highest BCUT2D eigenvalue weighted by Crippen LogP contribution is 2.15. The van der Waals surface area contributed by atoms with Crippen LogP contribution in [0.5, 0.6) is 5.75 Å². The highest BCUT2D eigenvalue weighted by Gasteiger charge is 2.18. The molecule has 2 N–H and O–H groups in total. The molecule has 0 bridgehead atoms. The van der Waals surface area contributed by atoms with Crippen LogP contribution in [0.1, 0.15) is 13.3 Å². The maximum absolute atomic E-state index is 12.6. The Kier molecular flexibility index (Phi) is 4.25. The number of hydrogen-bond acceptors (Lipinski definition) is 3. The molecule has 0 saturated carbocycles. The number of hydrogen-bond donors (Lipinski definition) is 2. The van der Waals surface area contributed by atoms with Crippen molar-refractivity contribution in [2.45, 2.75) is 25.6 Å². The third kappa shape index (κ3) is 3.86. The monoisotopic (exact) mass is 228 g/mol. The molecule has 0 saturated heterocycles. The number of aliphatic hydroxyl groups is 1. The zero-order chi connectivity index (χ0) is 12.1. The summed E-state index contributed by atoms with van der Waals surface area (Å²) in [7, 11) is 0. The summed E-state index contributed by atoms with van der Waals surface area (Å²) in [6, 6.07) is 5.29.